The van der Waals surface area contributed by atoms with Gasteiger partial charge < -0.3 is 14.5 Å². The van der Waals surface area contributed by atoms with Gasteiger partial charge in [0.05, 0.1) is 19.2 Å². The Labute approximate surface area is 123 Å². The Hall–Kier alpha value is -1.57. The summed E-state index contributed by atoms with van der Waals surface area (Å²) in [5.41, 5.74) is 0.656. The van der Waals surface area contributed by atoms with Crippen molar-refractivity contribution in [3.05, 3.63) is 51.2 Å². The van der Waals surface area contributed by atoms with Crippen LogP contribution in [0.2, 0.25) is 0 Å². The number of furan rings is 1. The molecular formula is C13H11FINO3. The summed E-state index contributed by atoms with van der Waals surface area (Å²) >= 11 is 2.06. The van der Waals surface area contributed by atoms with Crippen molar-refractivity contribution in [1.82, 2.24) is 0 Å². The molecule has 1 N–H and O–H groups in total. The van der Waals surface area contributed by atoms with Gasteiger partial charge in [0.15, 0.2) is 3.77 Å². The molecule has 0 unspecified atom stereocenters. The van der Waals surface area contributed by atoms with E-state index in [4.69, 9.17) is 4.42 Å². The summed E-state index contributed by atoms with van der Waals surface area (Å²) in [4.78, 5) is 11.5. The maximum atomic E-state index is 13.2. The average Bonchev–Trinajstić information content (AvgIpc) is 2.82. The lowest BCUT2D eigenvalue weighted by Gasteiger charge is -2.09. The van der Waals surface area contributed by atoms with E-state index < -0.39 is 11.8 Å². The molecule has 0 spiro atoms. The second-order valence-electron chi connectivity index (χ2n) is 3.74. The first-order valence-electron chi connectivity index (χ1n) is 5.46. The average molecular weight is 375 g/mol. The van der Waals surface area contributed by atoms with Crippen molar-refractivity contribution in [2.24, 2.45) is 0 Å². The summed E-state index contributed by atoms with van der Waals surface area (Å²) in [6.07, 6.45) is 0. The summed E-state index contributed by atoms with van der Waals surface area (Å²) in [5.74, 6) is -0.348. The fourth-order valence-electron chi connectivity index (χ4n) is 1.58. The number of carbonyl (C=O) groups excluding carboxylic acids is 1. The van der Waals surface area contributed by atoms with Crippen molar-refractivity contribution in [3.8, 4) is 0 Å². The Morgan fingerprint density at radius 2 is 2.21 bits per heavy atom. The lowest BCUT2D eigenvalue weighted by Crippen LogP contribution is -2.08. The minimum absolute atomic E-state index is 0.156. The van der Waals surface area contributed by atoms with E-state index in [0.29, 0.717) is 12.2 Å². The third-order valence-electron chi connectivity index (χ3n) is 2.47. The highest BCUT2D eigenvalue weighted by molar-refractivity contribution is 14.1. The van der Waals surface area contributed by atoms with Gasteiger partial charge in [-0.15, -0.1) is 0 Å². The number of methoxy groups -OCH3 is 1. The third-order valence-corrected chi connectivity index (χ3v) is 3.05. The molecule has 1 aromatic carbocycles. The first kappa shape index (κ1) is 13.9. The Kier molecular flexibility index (Phi) is 4.41. The van der Waals surface area contributed by atoms with Gasteiger partial charge in [-0.3, -0.25) is 0 Å². The molecule has 0 saturated carbocycles. The standard InChI is InChI=1S/C13H11FINO3/c1-18-13(17)10-6-8(14)2-4-11(10)16-7-9-3-5-12(15)19-9/h2-6,16H,7H2,1H3. The zero-order valence-corrected chi connectivity index (χ0v) is 12.2. The molecule has 0 aliphatic rings. The minimum Gasteiger partial charge on any atom is -0.465 e. The van der Waals surface area contributed by atoms with Crippen LogP contribution in [0.15, 0.2) is 34.7 Å². The predicted molar refractivity (Wildman–Crippen MR) is 76.5 cm³/mol. The Morgan fingerprint density at radius 3 is 2.84 bits per heavy atom. The van der Waals surface area contributed by atoms with Gasteiger partial charge in [0.25, 0.3) is 0 Å². The molecule has 2 rings (SSSR count). The zero-order valence-electron chi connectivity index (χ0n) is 10.1. The second-order valence-corrected chi connectivity index (χ2v) is 4.80. The Morgan fingerprint density at radius 1 is 1.42 bits per heavy atom. The highest BCUT2D eigenvalue weighted by atomic mass is 127. The summed E-state index contributed by atoms with van der Waals surface area (Å²) in [6, 6.07) is 7.58. The van der Waals surface area contributed by atoms with E-state index in [0.717, 1.165) is 15.6 Å². The van der Waals surface area contributed by atoms with Crippen LogP contribution in [0.3, 0.4) is 0 Å². The van der Waals surface area contributed by atoms with Crippen molar-refractivity contribution < 1.29 is 18.3 Å². The molecule has 2 aromatic rings. The van der Waals surface area contributed by atoms with E-state index in [1.807, 2.05) is 12.1 Å². The molecule has 0 aliphatic heterocycles. The van der Waals surface area contributed by atoms with Gasteiger partial charge in [0.2, 0.25) is 0 Å². The van der Waals surface area contributed by atoms with Crippen LogP contribution >= 0.6 is 22.6 Å². The number of nitrogens with one attached hydrogen (secondary N) is 1. The molecule has 0 fully saturated rings. The first-order chi connectivity index (χ1) is 9.10. The van der Waals surface area contributed by atoms with Crippen molar-refractivity contribution in [3.63, 3.8) is 0 Å². The molecule has 1 heterocycles. The molecule has 0 amide bonds. The largest absolute Gasteiger partial charge is 0.465 e. The minimum atomic E-state index is -0.587. The van der Waals surface area contributed by atoms with Crippen molar-refractivity contribution in [1.29, 1.82) is 0 Å². The molecule has 0 saturated heterocycles. The van der Waals surface area contributed by atoms with Crippen LogP contribution in [-0.4, -0.2) is 13.1 Å². The van der Waals surface area contributed by atoms with Gasteiger partial charge in [0.1, 0.15) is 11.6 Å². The van der Waals surface area contributed by atoms with Crippen molar-refractivity contribution in [2.45, 2.75) is 6.54 Å². The molecular weight excluding hydrogens is 364 g/mol. The van der Waals surface area contributed by atoms with E-state index >= 15 is 0 Å². The van der Waals surface area contributed by atoms with E-state index in [-0.39, 0.29) is 5.56 Å². The first-order valence-corrected chi connectivity index (χ1v) is 6.54. The predicted octanol–water partition coefficient (Wildman–Crippen LogP) is 3.42. The maximum Gasteiger partial charge on any atom is 0.340 e. The van der Waals surface area contributed by atoms with Crippen LogP contribution in [0.1, 0.15) is 16.1 Å². The van der Waals surface area contributed by atoms with Crippen LogP contribution in [0.5, 0.6) is 0 Å². The van der Waals surface area contributed by atoms with E-state index in [9.17, 15) is 9.18 Å². The van der Waals surface area contributed by atoms with Gasteiger partial charge in [0, 0.05) is 5.69 Å². The summed E-state index contributed by atoms with van der Waals surface area (Å²) in [5, 5.41) is 3.02. The van der Waals surface area contributed by atoms with Gasteiger partial charge in [-0.1, -0.05) is 0 Å². The summed E-state index contributed by atoms with van der Waals surface area (Å²) < 4.78 is 23.9. The number of esters is 1. The van der Waals surface area contributed by atoms with E-state index in [1.54, 1.807) is 0 Å². The van der Waals surface area contributed by atoms with Gasteiger partial charge in [-0.25, -0.2) is 9.18 Å². The van der Waals surface area contributed by atoms with E-state index in [2.05, 4.69) is 32.6 Å². The number of carbonyl (C=O) groups is 1. The highest BCUT2D eigenvalue weighted by Gasteiger charge is 2.13. The Balaban J connectivity index is 2.17. The fourth-order valence-corrected chi connectivity index (χ4v) is 2.04. The number of hydrogen-bond acceptors (Lipinski definition) is 4. The normalized spacial score (nSPS) is 10.3. The number of rotatable bonds is 4. The van der Waals surface area contributed by atoms with Crippen LogP contribution < -0.4 is 5.32 Å². The van der Waals surface area contributed by atoms with Crippen molar-refractivity contribution >= 4 is 34.2 Å². The molecule has 4 nitrogen and oxygen atoms in total. The monoisotopic (exact) mass is 375 g/mol. The molecule has 0 aliphatic carbocycles. The number of ether oxygens (including phenoxy) is 1. The third kappa shape index (κ3) is 3.46. The van der Waals surface area contributed by atoms with Gasteiger partial charge in [-0.05, 0) is 52.9 Å². The topological polar surface area (TPSA) is 51.5 Å². The quantitative estimate of drug-likeness (QED) is 0.657. The second kappa shape index (κ2) is 6.05. The summed E-state index contributed by atoms with van der Waals surface area (Å²) in [6.45, 7) is 0.401. The Bertz CT molecular complexity index is 597. The fraction of sp³-hybridized carbons (Fsp3) is 0.154. The smallest absolute Gasteiger partial charge is 0.340 e. The molecule has 1 aromatic heterocycles. The highest BCUT2D eigenvalue weighted by Crippen LogP contribution is 2.19. The van der Waals surface area contributed by atoms with Gasteiger partial charge >= 0.3 is 5.97 Å². The molecule has 6 heteroatoms. The van der Waals surface area contributed by atoms with Crippen LogP contribution in [-0.2, 0) is 11.3 Å². The molecule has 0 radical (unpaired) electrons. The van der Waals surface area contributed by atoms with E-state index in [1.165, 1.54) is 19.2 Å². The lowest BCUT2D eigenvalue weighted by atomic mass is 10.1. The molecule has 0 bridgehead atoms. The maximum absolute atomic E-state index is 13.2. The molecule has 19 heavy (non-hydrogen) atoms. The lowest BCUT2D eigenvalue weighted by molar-refractivity contribution is 0.0601. The van der Waals surface area contributed by atoms with Crippen LogP contribution in [0.25, 0.3) is 0 Å². The van der Waals surface area contributed by atoms with Crippen LogP contribution in [0.4, 0.5) is 10.1 Å². The molecule has 0 atom stereocenters. The van der Waals surface area contributed by atoms with Crippen LogP contribution in [0, 0.1) is 9.58 Å². The molecule has 100 valence electrons. The van der Waals surface area contributed by atoms with Gasteiger partial charge in [-0.2, -0.15) is 0 Å². The number of hydrogen-bond donors (Lipinski definition) is 1. The summed E-state index contributed by atoms with van der Waals surface area (Å²) in [7, 11) is 1.26. The number of anilines is 1. The zero-order chi connectivity index (χ0) is 13.8. The number of halogens is 2. The van der Waals surface area contributed by atoms with Crippen molar-refractivity contribution in [2.75, 3.05) is 12.4 Å². The SMILES string of the molecule is COC(=O)c1cc(F)ccc1NCc1ccc(I)o1. The number of benzene rings is 1.